The van der Waals surface area contributed by atoms with E-state index >= 15 is 0 Å². The highest BCUT2D eigenvalue weighted by molar-refractivity contribution is 9.10. The van der Waals surface area contributed by atoms with Crippen molar-refractivity contribution in [3.63, 3.8) is 0 Å². The van der Waals surface area contributed by atoms with E-state index in [-0.39, 0.29) is 11.7 Å². The van der Waals surface area contributed by atoms with Crippen molar-refractivity contribution < 1.29 is 4.79 Å². The Bertz CT molecular complexity index is 792. The zero-order valence-corrected chi connectivity index (χ0v) is 18.5. The van der Waals surface area contributed by atoms with Gasteiger partial charge in [0.25, 0.3) is 0 Å². The van der Waals surface area contributed by atoms with Gasteiger partial charge in [-0.25, -0.2) is 0 Å². The lowest BCUT2D eigenvalue weighted by Crippen LogP contribution is -2.15. The summed E-state index contributed by atoms with van der Waals surface area (Å²) in [5.41, 5.74) is 0.608. The van der Waals surface area contributed by atoms with Crippen LogP contribution in [0.5, 0.6) is 0 Å². The normalized spacial score (nSPS) is 15.1. The molecule has 1 aliphatic carbocycles. The Morgan fingerprint density at radius 1 is 1.33 bits per heavy atom. The summed E-state index contributed by atoms with van der Waals surface area (Å²) >= 11 is 10.9. The molecule has 0 atom stereocenters. The zero-order chi connectivity index (χ0) is 19.2. The second-order valence-electron chi connectivity index (χ2n) is 6.96. The number of hydrogen-bond acceptors (Lipinski definition) is 4. The fourth-order valence-corrected chi connectivity index (χ4v) is 4.86. The van der Waals surface area contributed by atoms with Crippen LogP contribution in [0.3, 0.4) is 0 Å². The van der Waals surface area contributed by atoms with Gasteiger partial charge >= 0.3 is 0 Å². The van der Waals surface area contributed by atoms with Gasteiger partial charge in [-0.05, 0) is 30.5 Å². The maximum absolute atomic E-state index is 12.2. The van der Waals surface area contributed by atoms with E-state index in [9.17, 15) is 4.79 Å². The number of anilines is 1. The third kappa shape index (κ3) is 5.96. The Hall–Kier alpha value is -1.05. The SMILES string of the molecule is Cn1c(CCC2CCCCC2)nnc1SCC(=O)Nc1ccc(Br)cc1Cl. The van der Waals surface area contributed by atoms with E-state index < -0.39 is 0 Å². The lowest BCUT2D eigenvalue weighted by atomic mass is 9.86. The van der Waals surface area contributed by atoms with Gasteiger partial charge < -0.3 is 9.88 Å². The molecule has 1 aromatic carbocycles. The molecule has 1 saturated carbocycles. The second kappa shape index (κ2) is 9.94. The molecule has 0 unspecified atom stereocenters. The van der Waals surface area contributed by atoms with Crippen molar-refractivity contribution in [2.45, 2.75) is 50.1 Å². The van der Waals surface area contributed by atoms with Crippen molar-refractivity contribution in [3.8, 4) is 0 Å². The lowest BCUT2D eigenvalue weighted by Gasteiger charge is -2.20. The van der Waals surface area contributed by atoms with E-state index in [1.165, 1.54) is 50.3 Å². The summed E-state index contributed by atoms with van der Waals surface area (Å²) in [6.45, 7) is 0. The molecule has 27 heavy (non-hydrogen) atoms. The van der Waals surface area contributed by atoms with Gasteiger partial charge in [0.1, 0.15) is 5.82 Å². The molecule has 1 N–H and O–H groups in total. The van der Waals surface area contributed by atoms with Gasteiger partial charge in [-0.1, -0.05) is 71.4 Å². The Morgan fingerprint density at radius 2 is 2.11 bits per heavy atom. The molecule has 0 spiro atoms. The minimum absolute atomic E-state index is 0.115. The summed E-state index contributed by atoms with van der Waals surface area (Å²) in [6, 6.07) is 5.38. The number of aryl methyl sites for hydroxylation is 1. The largest absolute Gasteiger partial charge is 0.324 e. The average molecular weight is 472 g/mol. The van der Waals surface area contributed by atoms with E-state index in [1.54, 1.807) is 12.1 Å². The number of amides is 1. The zero-order valence-electron chi connectivity index (χ0n) is 15.4. The second-order valence-corrected chi connectivity index (χ2v) is 9.23. The Morgan fingerprint density at radius 3 is 2.85 bits per heavy atom. The fourth-order valence-electron chi connectivity index (χ4n) is 3.40. The molecule has 8 heteroatoms. The van der Waals surface area contributed by atoms with E-state index in [0.717, 1.165) is 27.8 Å². The first-order valence-electron chi connectivity index (χ1n) is 9.29. The molecule has 0 aliphatic heterocycles. The van der Waals surface area contributed by atoms with Crippen LogP contribution in [0.4, 0.5) is 5.69 Å². The van der Waals surface area contributed by atoms with Crippen LogP contribution in [0.25, 0.3) is 0 Å². The van der Waals surface area contributed by atoms with Gasteiger partial charge in [0.15, 0.2) is 5.16 Å². The summed E-state index contributed by atoms with van der Waals surface area (Å²) in [4.78, 5) is 12.2. The topological polar surface area (TPSA) is 59.8 Å². The number of carbonyl (C=O) groups is 1. The first-order chi connectivity index (χ1) is 13.0. The van der Waals surface area contributed by atoms with E-state index in [0.29, 0.717) is 10.7 Å². The number of nitrogens with zero attached hydrogens (tertiary/aromatic N) is 3. The number of aromatic nitrogens is 3. The molecule has 1 aliphatic rings. The van der Waals surface area contributed by atoms with E-state index in [1.807, 2.05) is 17.7 Å². The minimum Gasteiger partial charge on any atom is -0.324 e. The molecular weight excluding hydrogens is 448 g/mol. The number of nitrogens with one attached hydrogen (secondary N) is 1. The minimum atomic E-state index is -0.115. The lowest BCUT2D eigenvalue weighted by molar-refractivity contribution is -0.113. The number of carbonyl (C=O) groups excluding carboxylic acids is 1. The summed E-state index contributed by atoms with van der Waals surface area (Å²) in [7, 11) is 1.97. The van der Waals surface area contributed by atoms with Crippen LogP contribution < -0.4 is 5.32 Å². The van der Waals surface area contributed by atoms with Crippen molar-refractivity contribution in [2.75, 3.05) is 11.1 Å². The van der Waals surface area contributed by atoms with Crippen LogP contribution in [0, 0.1) is 5.92 Å². The van der Waals surface area contributed by atoms with Gasteiger partial charge in [0.2, 0.25) is 5.91 Å². The number of rotatable bonds is 7. The van der Waals surface area contributed by atoms with Gasteiger partial charge in [-0.15, -0.1) is 10.2 Å². The third-order valence-corrected chi connectivity index (χ3v) is 6.79. The van der Waals surface area contributed by atoms with Crippen LogP contribution in [-0.4, -0.2) is 26.4 Å². The van der Waals surface area contributed by atoms with Crippen LogP contribution in [0.1, 0.15) is 44.3 Å². The molecule has 0 bridgehead atoms. The van der Waals surface area contributed by atoms with Gasteiger partial charge in [-0.2, -0.15) is 0 Å². The summed E-state index contributed by atoms with van der Waals surface area (Å²) < 4.78 is 2.88. The monoisotopic (exact) mass is 470 g/mol. The Kier molecular flexibility index (Phi) is 7.61. The number of thioether (sulfide) groups is 1. The highest BCUT2D eigenvalue weighted by atomic mass is 79.9. The fraction of sp³-hybridized carbons (Fsp3) is 0.526. The van der Waals surface area contributed by atoms with Gasteiger partial charge in [0.05, 0.1) is 16.5 Å². The van der Waals surface area contributed by atoms with Crippen molar-refractivity contribution in [3.05, 3.63) is 33.5 Å². The van der Waals surface area contributed by atoms with Crippen molar-refractivity contribution in [1.29, 1.82) is 0 Å². The highest BCUT2D eigenvalue weighted by Gasteiger charge is 2.16. The smallest absolute Gasteiger partial charge is 0.234 e. The summed E-state index contributed by atoms with van der Waals surface area (Å²) in [6.07, 6.45) is 8.93. The molecule has 1 amide bonds. The molecule has 5 nitrogen and oxygen atoms in total. The molecule has 1 fully saturated rings. The van der Waals surface area contributed by atoms with Crippen LogP contribution in [0.15, 0.2) is 27.8 Å². The van der Waals surface area contributed by atoms with Crippen LogP contribution >= 0.6 is 39.3 Å². The van der Waals surface area contributed by atoms with Crippen molar-refractivity contribution in [2.24, 2.45) is 13.0 Å². The van der Waals surface area contributed by atoms with E-state index in [4.69, 9.17) is 11.6 Å². The quantitative estimate of drug-likeness (QED) is 0.544. The number of benzene rings is 1. The number of halogens is 2. The first kappa shape index (κ1) is 20.7. The van der Waals surface area contributed by atoms with Crippen LogP contribution in [0.2, 0.25) is 5.02 Å². The molecule has 2 aromatic rings. The molecular formula is C19H24BrClN4OS. The molecule has 146 valence electrons. The predicted octanol–water partition coefficient (Wildman–Crippen LogP) is 5.47. The first-order valence-corrected chi connectivity index (χ1v) is 11.4. The Balaban J connectivity index is 1.49. The van der Waals surface area contributed by atoms with Crippen molar-refractivity contribution >= 4 is 50.9 Å². The summed E-state index contributed by atoms with van der Waals surface area (Å²) in [5.74, 6) is 1.98. The Labute approximate surface area is 177 Å². The molecule has 0 saturated heterocycles. The van der Waals surface area contributed by atoms with Crippen LogP contribution in [-0.2, 0) is 18.3 Å². The molecule has 3 rings (SSSR count). The number of hydrogen-bond donors (Lipinski definition) is 1. The average Bonchev–Trinajstić information content (AvgIpc) is 3.01. The standard InChI is InChI=1S/C19H24BrClN4OS/c1-25-17(10-7-13-5-3-2-4-6-13)23-24-19(25)27-12-18(26)22-16-9-8-14(20)11-15(16)21/h8-9,11,13H,2-7,10,12H2,1H3,(H,22,26). The highest BCUT2D eigenvalue weighted by Crippen LogP contribution is 2.28. The predicted molar refractivity (Wildman–Crippen MR) is 114 cm³/mol. The molecule has 0 radical (unpaired) electrons. The third-order valence-electron chi connectivity index (χ3n) is 4.96. The summed E-state index contributed by atoms with van der Waals surface area (Å²) in [5, 5.41) is 12.7. The molecule has 1 heterocycles. The van der Waals surface area contributed by atoms with Gasteiger partial charge in [-0.3, -0.25) is 4.79 Å². The maximum Gasteiger partial charge on any atom is 0.234 e. The van der Waals surface area contributed by atoms with E-state index in [2.05, 4.69) is 31.4 Å². The van der Waals surface area contributed by atoms with Gasteiger partial charge in [0, 0.05) is 17.9 Å². The maximum atomic E-state index is 12.2. The molecule has 1 aromatic heterocycles. The van der Waals surface area contributed by atoms with Crippen molar-refractivity contribution in [1.82, 2.24) is 14.8 Å².